The molecule has 0 radical (unpaired) electrons. The number of nitrogens with zero attached hydrogens (tertiary/aromatic N) is 2. The predicted octanol–water partition coefficient (Wildman–Crippen LogP) is 3.62. The van der Waals surface area contributed by atoms with Crippen molar-refractivity contribution in [3.05, 3.63) is 64.7 Å². The van der Waals surface area contributed by atoms with Gasteiger partial charge in [-0.3, -0.25) is 9.59 Å². The molecule has 4 rings (SSSR count). The van der Waals surface area contributed by atoms with Crippen LogP contribution in [0.1, 0.15) is 68.2 Å². The van der Waals surface area contributed by atoms with Gasteiger partial charge >= 0.3 is 0 Å². The predicted molar refractivity (Wildman–Crippen MR) is 140 cm³/mol. The summed E-state index contributed by atoms with van der Waals surface area (Å²) in [5.41, 5.74) is 4.45. The Balaban J connectivity index is 1.55. The third kappa shape index (κ3) is 5.81. The van der Waals surface area contributed by atoms with Crippen molar-refractivity contribution in [1.29, 1.82) is 0 Å². The van der Waals surface area contributed by atoms with Crippen LogP contribution in [0.3, 0.4) is 0 Å². The van der Waals surface area contributed by atoms with Crippen molar-refractivity contribution in [2.75, 3.05) is 19.6 Å². The second-order valence-corrected chi connectivity index (χ2v) is 12.1. The van der Waals surface area contributed by atoms with Crippen LogP contribution in [-0.4, -0.2) is 55.1 Å². The second kappa shape index (κ2) is 11.1. The van der Waals surface area contributed by atoms with Gasteiger partial charge in [-0.1, -0.05) is 50.6 Å². The number of carbonyl (C=O) groups excluding carboxylic acids is 2. The molecule has 8 heteroatoms. The van der Waals surface area contributed by atoms with Crippen molar-refractivity contribution >= 4 is 21.8 Å². The molecule has 2 aromatic carbocycles. The molecule has 194 valence electrons. The molecule has 2 amide bonds. The van der Waals surface area contributed by atoms with Crippen LogP contribution in [-0.2, 0) is 39.0 Å². The highest BCUT2D eigenvalue weighted by molar-refractivity contribution is 7.89. The number of hydrogen-bond acceptors (Lipinski definition) is 4. The van der Waals surface area contributed by atoms with E-state index in [4.69, 9.17) is 0 Å². The molecule has 0 saturated carbocycles. The van der Waals surface area contributed by atoms with Crippen LogP contribution < -0.4 is 5.32 Å². The average molecular weight is 512 g/mol. The van der Waals surface area contributed by atoms with E-state index in [1.807, 2.05) is 30.3 Å². The zero-order valence-corrected chi connectivity index (χ0v) is 22.3. The van der Waals surface area contributed by atoms with Crippen molar-refractivity contribution < 1.29 is 18.0 Å². The highest BCUT2D eigenvalue weighted by atomic mass is 32.2. The van der Waals surface area contributed by atoms with Crippen LogP contribution in [0.4, 0.5) is 0 Å². The van der Waals surface area contributed by atoms with E-state index in [0.717, 1.165) is 43.2 Å². The first-order chi connectivity index (χ1) is 17.2. The Kier molecular flexibility index (Phi) is 8.15. The molecule has 1 saturated heterocycles. The minimum atomic E-state index is -3.91. The number of carbonyl (C=O) groups is 2. The van der Waals surface area contributed by atoms with Crippen LogP contribution in [0.25, 0.3) is 0 Å². The van der Waals surface area contributed by atoms with E-state index < -0.39 is 22.0 Å². The fourth-order valence-electron chi connectivity index (χ4n) is 5.06. The Morgan fingerprint density at radius 2 is 1.67 bits per heavy atom. The number of hydrogen-bond donors (Lipinski definition) is 1. The van der Waals surface area contributed by atoms with Crippen LogP contribution in [0, 0.1) is 0 Å². The molecule has 2 aliphatic rings. The van der Waals surface area contributed by atoms with Gasteiger partial charge in [-0.25, -0.2) is 8.42 Å². The Labute approximate surface area is 214 Å². The van der Waals surface area contributed by atoms with Crippen LogP contribution in [0.2, 0.25) is 0 Å². The fourth-order valence-corrected chi connectivity index (χ4v) is 6.68. The van der Waals surface area contributed by atoms with Gasteiger partial charge < -0.3 is 10.2 Å². The lowest BCUT2D eigenvalue weighted by molar-refractivity contribution is -0.134. The Hall–Kier alpha value is -2.71. The summed E-state index contributed by atoms with van der Waals surface area (Å²) in [6.07, 6.45) is 5.16. The number of rotatable bonds is 6. The second-order valence-electron chi connectivity index (χ2n) is 10.2. The molecule has 1 heterocycles. The smallest absolute Gasteiger partial charge is 0.243 e. The van der Waals surface area contributed by atoms with Crippen molar-refractivity contribution in [2.45, 2.75) is 76.3 Å². The Bertz CT molecular complexity index is 1210. The first-order valence-electron chi connectivity index (χ1n) is 12.9. The van der Waals surface area contributed by atoms with Gasteiger partial charge in [0, 0.05) is 33.1 Å². The summed E-state index contributed by atoms with van der Waals surface area (Å²) in [6, 6.07) is 12.4. The highest BCUT2D eigenvalue weighted by Crippen LogP contribution is 2.27. The normalized spacial score (nSPS) is 19.0. The van der Waals surface area contributed by atoms with E-state index in [0.29, 0.717) is 12.5 Å². The lowest BCUT2D eigenvalue weighted by Gasteiger charge is -2.39. The number of benzene rings is 2. The third-order valence-electron chi connectivity index (χ3n) is 7.37. The fraction of sp³-hybridized carbons (Fsp3) is 0.500. The summed E-state index contributed by atoms with van der Waals surface area (Å²) in [7, 11) is -3.91. The zero-order valence-electron chi connectivity index (χ0n) is 21.5. The van der Waals surface area contributed by atoms with E-state index >= 15 is 0 Å². The molecule has 1 N–H and O–H groups in total. The number of aryl methyl sites for hydroxylation is 2. The summed E-state index contributed by atoms with van der Waals surface area (Å²) in [6.45, 7) is 6.37. The zero-order chi connectivity index (χ0) is 25.9. The average Bonchev–Trinajstić information content (AvgIpc) is 3.12. The first kappa shape index (κ1) is 26.4. The maximum absolute atomic E-state index is 13.8. The number of nitrogens with one attached hydrogen (secondary N) is 1. The van der Waals surface area contributed by atoms with Crippen LogP contribution >= 0.6 is 0 Å². The van der Waals surface area contributed by atoms with E-state index in [1.54, 1.807) is 17.0 Å². The van der Waals surface area contributed by atoms with E-state index in [1.165, 1.54) is 22.4 Å². The molecular formula is C28H37N3O4S. The SMILES string of the molecule is CC(=O)N1CCN(S(=O)(=O)c2ccc3c(c2)CCCCC3)[C@@H](C(=O)NCc2ccc(C(C)C)cc2)C1. The Morgan fingerprint density at radius 3 is 2.33 bits per heavy atom. The Morgan fingerprint density at radius 1 is 0.972 bits per heavy atom. The molecule has 1 atom stereocenters. The van der Waals surface area contributed by atoms with Gasteiger partial charge in [0.25, 0.3) is 0 Å². The molecule has 2 aromatic rings. The monoisotopic (exact) mass is 511 g/mol. The first-order valence-corrected chi connectivity index (χ1v) is 14.4. The summed E-state index contributed by atoms with van der Waals surface area (Å²) in [4.78, 5) is 27.2. The maximum atomic E-state index is 13.8. The topological polar surface area (TPSA) is 86.8 Å². The minimum absolute atomic E-state index is 0.0393. The molecule has 0 aromatic heterocycles. The summed E-state index contributed by atoms with van der Waals surface area (Å²) < 4.78 is 28.8. The largest absolute Gasteiger partial charge is 0.351 e. The van der Waals surface area contributed by atoms with E-state index in [2.05, 4.69) is 19.2 Å². The number of amides is 2. The maximum Gasteiger partial charge on any atom is 0.243 e. The summed E-state index contributed by atoms with van der Waals surface area (Å²) >= 11 is 0. The van der Waals surface area contributed by atoms with Gasteiger partial charge in [-0.15, -0.1) is 0 Å². The quantitative estimate of drug-likeness (QED) is 0.600. The molecule has 1 fully saturated rings. The van der Waals surface area contributed by atoms with Gasteiger partial charge in [0.05, 0.1) is 4.90 Å². The van der Waals surface area contributed by atoms with Gasteiger partial charge in [-0.05, 0) is 66.0 Å². The molecule has 1 aliphatic heterocycles. The van der Waals surface area contributed by atoms with E-state index in [9.17, 15) is 18.0 Å². The van der Waals surface area contributed by atoms with Gasteiger partial charge in [0.1, 0.15) is 6.04 Å². The molecule has 0 spiro atoms. The molecular weight excluding hydrogens is 474 g/mol. The lowest BCUT2D eigenvalue weighted by atomic mass is 10.0. The minimum Gasteiger partial charge on any atom is -0.351 e. The van der Waals surface area contributed by atoms with Crippen molar-refractivity contribution in [2.24, 2.45) is 0 Å². The number of piperazine rings is 1. The number of fused-ring (bicyclic) bond motifs is 1. The molecule has 7 nitrogen and oxygen atoms in total. The van der Waals surface area contributed by atoms with Crippen molar-refractivity contribution in [3.63, 3.8) is 0 Å². The van der Waals surface area contributed by atoms with Gasteiger partial charge in [-0.2, -0.15) is 4.31 Å². The standard InChI is InChI=1S/C28H37N3O4S/c1-20(2)23-11-9-22(10-12-23)18-29-28(33)27-19-30(21(3)32)15-16-31(27)36(34,35)26-14-13-24-7-5-4-6-8-25(24)17-26/h9-14,17,20,27H,4-8,15-16,18-19H2,1-3H3,(H,29,33)/t27-/m1/s1. The van der Waals surface area contributed by atoms with Crippen molar-refractivity contribution in [1.82, 2.24) is 14.5 Å². The molecule has 36 heavy (non-hydrogen) atoms. The van der Waals surface area contributed by atoms with Crippen molar-refractivity contribution in [3.8, 4) is 0 Å². The van der Waals surface area contributed by atoms with Gasteiger partial charge in [0.2, 0.25) is 21.8 Å². The van der Waals surface area contributed by atoms with Crippen LogP contribution in [0.15, 0.2) is 47.4 Å². The molecule has 0 unspecified atom stereocenters. The van der Waals surface area contributed by atoms with E-state index in [-0.39, 0.29) is 30.4 Å². The summed E-state index contributed by atoms with van der Waals surface area (Å²) in [5.74, 6) is -0.147. The van der Waals surface area contributed by atoms with Gasteiger partial charge in [0.15, 0.2) is 0 Å². The lowest BCUT2D eigenvalue weighted by Crippen LogP contribution is -2.61. The highest BCUT2D eigenvalue weighted by Gasteiger charge is 2.41. The summed E-state index contributed by atoms with van der Waals surface area (Å²) in [5, 5.41) is 2.91. The van der Waals surface area contributed by atoms with Crippen LogP contribution in [0.5, 0.6) is 0 Å². The number of sulfonamides is 1. The molecule has 0 bridgehead atoms. The third-order valence-corrected chi connectivity index (χ3v) is 9.27. The molecule has 1 aliphatic carbocycles.